The van der Waals surface area contributed by atoms with Crippen molar-refractivity contribution >= 4 is 22.4 Å². The monoisotopic (exact) mass is 365 g/mol. The van der Waals surface area contributed by atoms with Crippen LogP contribution < -0.4 is 5.32 Å². The summed E-state index contributed by atoms with van der Waals surface area (Å²) in [5.74, 6) is 2.18. The zero-order valence-electron chi connectivity index (χ0n) is 16.1. The Morgan fingerprint density at radius 1 is 1.26 bits per heavy atom. The van der Waals surface area contributed by atoms with Crippen molar-refractivity contribution in [2.24, 2.45) is 0 Å². The summed E-state index contributed by atoms with van der Waals surface area (Å²) in [6, 6.07) is 6.16. The Kier molecular flexibility index (Phi) is 5.34. The van der Waals surface area contributed by atoms with Gasteiger partial charge in [0.2, 0.25) is 0 Å². The fourth-order valence-corrected chi connectivity index (χ4v) is 3.56. The second-order valence-corrected chi connectivity index (χ2v) is 7.35. The van der Waals surface area contributed by atoms with Gasteiger partial charge in [0.25, 0.3) is 0 Å². The van der Waals surface area contributed by atoms with E-state index < -0.39 is 0 Å². The van der Waals surface area contributed by atoms with E-state index >= 15 is 0 Å². The fraction of sp³-hybridized carbons (Fsp3) is 0.476. The largest absolute Gasteiger partial charge is 0.376 e. The molecule has 0 fully saturated rings. The van der Waals surface area contributed by atoms with Crippen LogP contribution in [0.15, 0.2) is 24.4 Å². The van der Waals surface area contributed by atoms with Gasteiger partial charge in [0.1, 0.15) is 11.6 Å². The summed E-state index contributed by atoms with van der Waals surface area (Å²) in [6.07, 6.45) is 7.53. The van der Waals surface area contributed by atoms with Gasteiger partial charge in [-0.25, -0.2) is 9.97 Å². The smallest absolute Gasteiger partial charge is 0.139 e. The lowest BCUT2D eigenvalue weighted by molar-refractivity contribution is 0.109. The highest BCUT2D eigenvalue weighted by atomic mass is 16.5. The molecule has 27 heavy (non-hydrogen) atoms. The van der Waals surface area contributed by atoms with Crippen LogP contribution in [-0.2, 0) is 17.8 Å². The van der Waals surface area contributed by atoms with Crippen LogP contribution >= 0.6 is 0 Å². The van der Waals surface area contributed by atoms with Gasteiger partial charge in [-0.05, 0) is 24.6 Å². The SMILES string of the molecule is CCCCCC(C)c1nc2c(c(Nc3ccc4[nH]ncc4c3)n1)COCC2. The first-order valence-electron chi connectivity index (χ1n) is 9.92. The molecule has 0 amide bonds. The zero-order valence-corrected chi connectivity index (χ0v) is 16.1. The number of hydrogen-bond donors (Lipinski definition) is 2. The Bertz CT molecular complexity index is 920. The average Bonchev–Trinajstić information content (AvgIpc) is 3.16. The summed E-state index contributed by atoms with van der Waals surface area (Å²) in [5.41, 5.74) is 4.23. The molecule has 1 aliphatic rings. The summed E-state index contributed by atoms with van der Waals surface area (Å²) in [4.78, 5) is 9.79. The second kappa shape index (κ2) is 8.05. The molecule has 0 bridgehead atoms. The molecule has 3 heterocycles. The van der Waals surface area contributed by atoms with Crippen molar-refractivity contribution in [2.75, 3.05) is 11.9 Å². The average molecular weight is 365 g/mol. The van der Waals surface area contributed by atoms with Crippen LogP contribution in [-0.4, -0.2) is 26.8 Å². The van der Waals surface area contributed by atoms with Crippen molar-refractivity contribution in [3.63, 3.8) is 0 Å². The maximum Gasteiger partial charge on any atom is 0.139 e. The molecule has 0 aliphatic carbocycles. The van der Waals surface area contributed by atoms with E-state index in [9.17, 15) is 0 Å². The van der Waals surface area contributed by atoms with E-state index in [2.05, 4.69) is 35.4 Å². The van der Waals surface area contributed by atoms with Crippen molar-refractivity contribution in [1.29, 1.82) is 0 Å². The molecule has 6 heteroatoms. The number of unbranched alkanes of at least 4 members (excludes halogenated alkanes) is 2. The van der Waals surface area contributed by atoms with E-state index in [0.717, 1.165) is 58.9 Å². The number of H-pyrrole nitrogens is 1. The Morgan fingerprint density at radius 3 is 3.07 bits per heavy atom. The van der Waals surface area contributed by atoms with E-state index in [1.54, 1.807) is 0 Å². The van der Waals surface area contributed by atoms with Crippen molar-refractivity contribution < 1.29 is 4.74 Å². The summed E-state index contributed by atoms with van der Waals surface area (Å²) in [6.45, 7) is 5.77. The quantitative estimate of drug-likeness (QED) is 0.585. The van der Waals surface area contributed by atoms with Gasteiger partial charge in [-0.15, -0.1) is 0 Å². The van der Waals surface area contributed by atoms with E-state index in [0.29, 0.717) is 12.5 Å². The molecule has 3 aromatic rings. The van der Waals surface area contributed by atoms with Crippen molar-refractivity contribution in [3.05, 3.63) is 41.5 Å². The van der Waals surface area contributed by atoms with Gasteiger partial charge in [0.05, 0.1) is 30.6 Å². The number of ether oxygens (including phenoxy) is 1. The number of nitrogens with one attached hydrogen (secondary N) is 2. The number of rotatable bonds is 7. The van der Waals surface area contributed by atoms with Gasteiger partial charge in [-0.1, -0.05) is 33.1 Å². The lowest BCUT2D eigenvalue weighted by Crippen LogP contribution is -2.18. The lowest BCUT2D eigenvalue weighted by atomic mass is 10.0. The highest BCUT2D eigenvalue weighted by Gasteiger charge is 2.20. The second-order valence-electron chi connectivity index (χ2n) is 7.35. The highest BCUT2D eigenvalue weighted by Crippen LogP contribution is 2.29. The van der Waals surface area contributed by atoms with Crippen LogP contribution in [0, 0.1) is 0 Å². The predicted molar refractivity (Wildman–Crippen MR) is 107 cm³/mol. The predicted octanol–water partition coefficient (Wildman–Crippen LogP) is 4.85. The van der Waals surface area contributed by atoms with Crippen LogP contribution in [0.3, 0.4) is 0 Å². The molecule has 0 radical (unpaired) electrons. The molecule has 2 N–H and O–H groups in total. The molecule has 1 aromatic carbocycles. The molecule has 6 nitrogen and oxygen atoms in total. The van der Waals surface area contributed by atoms with Crippen LogP contribution in [0.4, 0.5) is 11.5 Å². The van der Waals surface area contributed by atoms with Crippen molar-refractivity contribution in [2.45, 2.75) is 58.5 Å². The normalized spacial score (nSPS) is 14.9. The van der Waals surface area contributed by atoms with Gasteiger partial charge in [0.15, 0.2) is 0 Å². The fourth-order valence-electron chi connectivity index (χ4n) is 3.56. The third-order valence-corrected chi connectivity index (χ3v) is 5.22. The van der Waals surface area contributed by atoms with Crippen LogP contribution in [0.5, 0.6) is 0 Å². The van der Waals surface area contributed by atoms with Gasteiger partial charge in [0, 0.05) is 29.0 Å². The van der Waals surface area contributed by atoms with E-state index in [1.807, 2.05) is 18.3 Å². The lowest BCUT2D eigenvalue weighted by Gasteiger charge is -2.22. The molecular weight excluding hydrogens is 338 g/mol. The molecule has 2 aromatic heterocycles. The summed E-state index contributed by atoms with van der Waals surface area (Å²) < 4.78 is 5.68. The molecule has 1 aliphatic heterocycles. The third kappa shape index (κ3) is 3.95. The van der Waals surface area contributed by atoms with Gasteiger partial charge < -0.3 is 10.1 Å². The van der Waals surface area contributed by atoms with Gasteiger partial charge in [-0.2, -0.15) is 5.10 Å². The molecule has 0 spiro atoms. The summed E-state index contributed by atoms with van der Waals surface area (Å²) in [5, 5.41) is 11.7. The molecule has 0 saturated carbocycles. The summed E-state index contributed by atoms with van der Waals surface area (Å²) >= 11 is 0. The number of fused-ring (bicyclic) bond motifs is 2. The first-order valence-corrected chi connectivity index (χ1v) is 9.92. The first-order chi connectivity index (χ1) is 13.2. The van der Waals surface area contributed by atoms with Gasteiger partial charge >= 0.3 is 0 Å². The summed E-state index contributed by atoms with van der Waals surface area (Å²) in [7, 11) is 0. The Morgan fingerprint density at radius 2 is 2.19 bits per heavy atom. The molecular formula is C21H27N5O. The Labute approximate surface area is 159 Å². The highest BCUT2D eigenvalue weighted by molar-refractivity contribution is 5.82. The topological polar surface area (TPSA) is 75.7 Å². The van der Waals surface area contributed by atoms with E-state index in [1.165, 1.54) is 19.3 Å². The Balaban J connectivity index is 1.64. The zero-order chi connectivity index (χ0) is 18.6. The number of anilines is 2. The number of benzene rings is 1. The minimum absolute atomic E-state index is 0.363. The first kappa shape index (κ1) is 17.9. The minimum Gasteiger partial charge on any atom is -0.376 e. The number of aromatic amines is 1. The molecule has 4 rings (SSSR count). The van der Waals surface area contributed by atoms with Crippen LogP contribution in [0.2, 0.25) is 0 Å². The molecule has 1 atom stereocenters. The maximum absolute atomic E-state index is 5.68. The van der Waals surface area contributed by atoms with Crippen molar-refractivity contribution in [1.82, 2.24) is 20.2 Å². The number of hydrogen-bond acceptors (Lipinski definition) is 5. The van der Waals surface area contributed by atoms with Crippen molar-refractivity contribution in [3.8, 4) is 0 Å². The van der Waals surface area contributed by atoms with Crippen LogP contribution in [0.25, 0.3) is 10.9 Å². The van der Waals surface area contributed by atoms with Gasteiger partial charge in [-0.3, -0.25) is 5.10 Å². The number of nitrogens with zero attached hydrogens (tertiary/aromatic N) is 3. The molecule has 0 saturated heterocycles. The van der Waals surface area contributed by atoms with E-state index in [4.69, 9.17) is 14.7 Å². The minimum atomic E-state index is 0.363. The standard InChI is InChI=1S/C21H27N5O/c1-3-4-5-6-14(2)20-24-19-9-10-27-13-17(19)21(25-20)23-16-7-8-18-15(11-16)12-22-26-18/h7-8,11-12,14H,3-6,9-10,13H2,1-2H3,(H,22,26)(H,23,24,25). The molecule has 1 unspecified atom stereocenters. The van der Waals surface area contributed by atoms with Crippen LogP contribution in [0.1, 0.15) is 62.5 Å². The van der Waals surface area contributed by atoms with E-state index in [-0.39, 0.29) is 0 Å². The third-order valence-electron chi connectivity index (χ3n) is 5.22. The number of aromatic nitrogens is 4. The Hall–Kier alpha value is -2.47. The maximum atomic E-state index is 5.68. The molecule has 142 valence electrons.